The van der Waals surface area contributed by atoms with Crippen molar-refractivity contribution in [3.05, 3.63) is 53.0 Å². The molecule has 0 aliphatic carbocycles. The number of benzene rings is 1. The van der Waals surface area contributed by atoms with Gasteiger partial charge in [-0.25, -0.2) is 13.1 Å². The van der Waals surface area contributed by atoms with Crippen molar-refractivity contribution in [1.29, 1.82) is 0 Å². The third kappa shape index (κ3) is 4.43. The number of rotatable bonds is 6. The van der Waals surface area contributed by atoms with E-state index in [-0.39, 0.29) is 29.7 Å². The quantitative estimate of drug-likeness (QED) is 0.789. The van der Waals surface area contributed by atoms with Crippen LogP contribution >= 0.6 is 0 Å². The Morgan fingerprint density at radius 2 is 1.83 bits per heavy atom. The van der Waals surface area contributed by atoms with Gasteiger partial charge < -0.3 is 9.73 Å². The average Bonchev–Trinajstić information content (AvgIpc) is 2.92. The Morgan fingerprint density at radius 3 is 2.48 bits per heavy atom. The lowest BCUT2D eigenvalue weighted by Gasteiger charge is -2.10. The van der Waals surface area contributed by atoms with E-state index in [9.17, 15) is 13.2 Å². The molecule has 0 unspecified atom stereocenters. The van der Waals surface area contributed by atoms with Gasteiger partial charge in [-0.2, -0.15) is 0 Å². The largest absolute Gasteiger partial charge is 0.456 e. The van der Waals surface area contributed by atoms with E-state index in [0.717, 1.165) is 5.56 Å². The number of nitrogens with one attached hydrogen (secondary N) is 2. The lowest BCUT2D eigenvalue weighted by molar-refractivity contribution is 0.0925. The standard InChI is InChI=1S/C16H20N2O4S/c1-11-4-5-12(2)15(10-11)23(20,21)18-9-8-17-16(19)14-7-6-13(3)22-14/h4-7,10,18H,8-9H2,1-3H3,(H,17,19). The maximum Gasteiger partial charge on any atom is 0.287 e. The predicted octanol–water partition coefficient (Wildman–Crippen LogP) is 1.91. The number of hydrogen-bond acceptors (Lipinski definition) is 4. The van der Waals surface area contributed by atoms with Gasteiger partial charge in [-0.1, -0.05) is 12.1 Å². The van der Waals surface area contributed by atoms with E-state index in [1.165, 1.54) is 0 Å². The first-order valence-corrected chi connectivity index (χ1v) is 8.69. The Morgan fingerprint density at radius 1 is 1.09 bits per heavy atom. The van der Waals surface area contributed by atoms with Gasteiger partial charge in [0.1, 0.15) is 5.76 Å². The zero-order valence-corrected chi connectivity index (χ0v) is 14.2. The van der Waals surface area contributed by atoms with Crippen molar-refractivity contribution < 1.29 is 17.6 Å². The van der Waals surface area contributed by atoms with E-state index in [1.807, 2.05) is 13.0 Å². The Kier molecular flexibility index (Phi) is 5.23. The zero-order valence-electron chi connectivity index (χ0n) is 13.3. The first kappa shape index (κ1) is 17.2. The van der Waals surface area contributed by atoms with Gasteiger partial charge in [0.2, 0.25) is 10.0 Å². The van der Waals surface area contributed by atoms with E-state index in [4.69, 9.17) is 4.42 Å². The number of hydrogen-bond donors (Lipinski definition) is 2. The van der Waals surface area contributed by atoms with Crippen molar-refractivity contribution in [1.82, 2.24) is 10.0 Å². The first-order chi connectivity index (χ1) is 10.8. The second-order valence-electron chi connectivity index (χ2n) is 5.33. The fraction of sp³-hybridized carbons (Fsp3) is 0.312. The number of furan rings is 1. The molecule has 0 radical (unpaired) electrons. The van der Waals surface area contributed by atoms with Gasteiger partial charge in [-0.05, 0) is 50.1 Å². The second kappa shape index (κ2) is 6.97. The molecule has 1 aromatic carbocycles. The van der Waals surface area contributed by atoms with E-state index >= 15 is 0 Å². The van der Waals surface area contributed by atoms with Crippen molar-refractivity contribution in [2.45, 2.75) is 25.7 Å². The highest BCUT2D eigenvalue weighted by Crippen LogP contribution is 2.16. The van der Waals surface area contributed by atoms with Gasteiger partial charge in [-0.3, -0.25) is 4.79 Å². The van der Waals surface area contributed by atoms with E-state index in [1.54, 1.807) is 38.1 Å². The average molecular weight is 336 g/mol. The Hall–Kier alpha value is -2.12. The molecule has 23 heavy (non-hydrogen) atoms. The highest BCUT2D eigenvalue weighted by Gasteiger charge is 2.16. The molecule has 124 valence electrons. The molecule has 1 amide bonds. The van der Waals surface area contributed by atoms with Gasteiger partial charge in [0, 0.05) is 13.1 Å². The summed E-state index contributed by atoms with van der Waals surface area (Å²) in [5.74, 6) is 0.481. The van der Waals surface area contributed by atoms with Crippen molar-refractivity contribution >= 4 is 15.9 Å². The third-order valence-corrected chi connectivity index (χ3v) is 4.90. The molecule has 2 aromatic rings. The monoisotopic (exact) mass is 336 g/mol. The van der Waals surface area contributed by atoms with Gasteiger partial charge in [0.05, 0.1) is 4.90 Å². The SMILES string of the molecule is Cc1ccc(C)c(S(=O)(=O)NCCNC(=O)c2ccc(C)o2)c1. The minimum Gasteiger partial charge on any atom is -0.456 e. The molecule has 0 atom stereocenters. The van der Waals surface area contributed by atoms with Crippen LogP contribution in [0.1, 0.15) is 27.4 Å². The summed E-state index contributed by atoms with van der Waals surface area (Å²) < 4.78 is 32.2. The van der Waals surface area contributed by atoms with Crippen molar-refractivity contribution in [3.8, 4) is 0 Å². The number of amides is 1. The Bertz CT molecular complexity index is 809. The van der Waals surface area contributed by atoms with Gasteiger partial charge in [0.25, 0.3) is 5.91 Å². The smallest absolute Gasteiger partial charge is 0.287 e. The number of carbonyl (C=O) groups is 1. The first-order valence-electron chi connectivity index (χ1n) is 7.21. The fourth-order valence-electron chi connectivity index (χ4n) is 2.08. The van der Waals surface area contributed by atoms with E-state index in [0.29, 0.717) is 11.3 Å². The molecular weight excluding hydrogens is 316 g/mol. The molecular formula is C16H20N2O4S. The molecule has 0 spiro atoms. The van der Waals surface area contributed by atoms with E-state index < -0.39 is 10.0 Å². The minimum absolute atomic E-state index is 0.0984. The summed E-state index contributed by atoms with van der Waals surface area (Å²) in [4.78, 5) is 12.0. The molecule has 0 aliphatic rings. The highest BCUT2D eigenvalue weighted by atomic mass is 32.2. The second-order valence-corrected chi connectivity index (χ2v) is 7.07. The van der Waals surface area contributed by atoms with Crippen LogP contribution in [0.5, 0.6) is 0 Å². The number of sulfonamides is 1. The van der Waals surface area contributed by atoms with Gasteiger partial charge in [0.15, 0.2) is 5.76 Å². The lowest BCUT2D eigenvalue weighted by Crippen LogP contribution is -2.34. The molecule has 0 bridgehead atoms. The molecule has 0 aliphatic heterocycles. The van der Waals surface area contributed by atoms with Crippen LogP contribution < -0.4 is 10.0 Å². The molecule has 0 fully saturated rings. The third-order valence-electron chi connectivity index (χ3n) is 3.30. The normalized spacial score (nSPS) is 11.4. The van der Waals surface area contributed by atoms with Crippen LogP contribution in [-0.2, 0) is 10.0 Å². The topological polar surface area (TPSA) is 88.4 Å². The van der Waals surface area contributed by atoms with Crippen LogP contribution in [0.2, 0.25) is 0 Å². The summed E-state index contributed by atoms with van der Waals surface area (Å²) in [6.07, 6.45) is 0. The van der Waals surface area contributed by atoms with Crippen LogP contribution in [-0.4, -0.2) is 27.4 Å². The molecule has 1 heterocycles. The molecule has 0 saturated carbocycles. The molecule has 0 saturated heterocycles. The predicted molar refractivity (Wildman–Crippen MR) is 86.9 cm³/mol. The molecule has 6 nitrogen and oxygen atoms in total. The fourth-order valence-corrected chi connectivity index (χ4v) is 3.44. The van der Waals surface area contributed by atoms with Crippen molar-refractivity contribution in [2.24, 2.45) is 0 Å². The lowest BCUT2D eigenvalue weighted by atomic mass is 10.2. The van der Waals surface area contributed by atoms with Crippen LogP contribution in [0, 0.1) is 20.8 Å². The molecule has 7 heteroatoms. The summed E-state index contributed by atoms with van der Waals surface area (Å²) >= 11 is 0. The maximum absolute atomic E-state index is 12.3. The molecule has 2 rings (SSSR count). The van der Waals surface area contributed by atoms with Gasteiger partial charge >= 0.3 is 0 Å². The summed E-state index contributed by atoms with van der Waals surface area (Å²) in [7, 11) is -3.60. The van der Waals surface area contributed by atoms with Gasteiger partial charge in [-0.15, -0.1) is 0 Å². The summed E-state index contributed by atoms with van der Waals surface area (Å²) in [6.45, 7) is 5.60. The zero-order chi connectivity index (χ0) is 17.0. The molecule has 2 N–H and O–H groups in total. The maximum atomic E-state index is 12.3. The van der Waals surface area contributed by atoms with Crippen LogP contribution in [0.4, 0.5) is 0 Å². The Labute approximate surface area is 135 Å². The van der Waals surface area contributed by atoms with E-state index in [2.05, 4.69) is 10.0 Å². The van der Waals surface area contributed by atoms with Crippen molar-refractivity contribution in [2.75, 3.05) is 13.1 Å². The highest BCUT2D eigenvalue weighted by molar-refractivity contribution is 7.89. The summed E-state index contributed by atoms with van der Waals surface area (Å²) in [5, 5.41) is 2.60. The minimum atomic E-state index is -3.60. The number of aryl methyl sites for hydroxylation is 3. The number of carbonyl (C=O) groups excluding carboxylic acids is 1. The Balaban J connectivity index is 1.90. The van der Waals surface area contributed by atoms with Crippen LogP contribution in [0.25, 0.3) is 0 Å². The van der Waals surface area contributed by atoms with Crippen LogP contribution in [0.15, 0.2) is 39.6 Å². The molecule has 1 aromatic heterocycles. The van der Waals surface area contributed by atoms with Crippen molar-refractivity contribution in [3.63, 3.8) is 0 Å². The summed E-state index contributed by atoms with van der Waals surface area (Å²) in [5.41, 5.74) is 1.55. The van der Waals surface area contributed by atoms with Crippen LogP contribution in [0.3, 0.4) is 0 Å². The summed E-state index contributed by atoms with van der Waals surface area (Å²) in [6, 6.07) is 8.52.